The van der Waals surface area contributed by atoms with Gasteiger partial charge in [-0.1, -0.05) is 36.0 Å². The van der Waals surface area contributed by atoms with E-state index in [1.54, 1.807) is 11.8 Å². The molecule has 0 amide bonds. The van der Waals surface area contributed by atoms with Crippen LogP contribution < -0.4 is 4.74 Å². The number of hydrogen-bond acceptors (Lipinski definition) is 2. The lowest BCUT2D eigenvalue weighted by atomic mass is 10.1. The summed E-state index contributed by atoms with van der Waals surface area (Å²) in [6.45, 7) is 0. The zero-order chi connectivity index (χ0) is 9.38. The summed E-state index contributed by atoms with van der Waals surface area (Å²) >= 11 is 1.70. The molecule has 2 aliphatic heterocycles. The minimum atomic E-state index is 0. The number of benzene rings is 1. The minimum Gasteiger partial charge on any atom is -0.456 e. The molecular weight excluding hydrogens is 208 g/mol. The van der Waals surface area contributed by atoms with Crippen molar-refractivity contribution >= 4 is 17.8 Å². The van der Waals surface area contributed by atoms with E-state index in [9.17, 15) is 0 Å². The molecule has 0 atom stereocenters. The van der Waals surface area contributed by atoms with E-state index < -0.39 is 0 Å². The highest BCUT2D eigenvalue weighted by atomic mass is 32.2. The maximum atomic E-state index is 5.76. The molecule has 0 saturated heterocycles. The van der Waals surface area contributed by atoms with Crippen LogP contribution in [0.3, 0.4) is 0 Å². The van der Waals surface area contributed by atoms with Crippen LogP contribution in [0.2, 0.25) is 0 Å². The molecule has 0 aromatic heterocycles. The van der Waals surface area contributed by atoms with Crippen LogP contribution in [0, 0.1) is 0 Å². The topological polar surface area (TPSA) is 40.7 Å². The molecule has 2 heterocycles. The van der Waals surface area contributed by atoms with E-state index in [0.717, 1.165) is 17.1 Å². The van der Waals surface area contributed by atoms with Crippen LogP contribution in [0.5, 0.6) is 5.75 Å². The van der Waals surface area contributed by atoms with E-state index in [2.05, 4.69) is 17.6 Å². The number of ether oxygens (including phenoxy) is 1. The Labute approximate surface area is 92.3 Å². The molecule has 1 aromatic rings. The Kier molecular flexibility index (Phi) is 2.66. The normalized spacial score (nSPS) is 16.3. The van der Waals surface area contributed by atoms with Crippen LogP contribution in [-0.4, -0.2) is 5.48 Å². The first kappa shape index (κ1) is 10.1. The van der Waals surface area contributed by atoms with Crippen molar-refractivity contribution in [3.05, 3.63) is 58.1 Å². The van der Waals surface area contributed by atoms with E-state index >= 15 is 0 Å². The van der Waals surface area contributed by atoms with Crippen LogP contribution in [0.4, 0.5) is 0 Å². The molecule has 0 saturated carbocycles. The average Bonchev–Trinajstić information content (AvgIpc) is 2.26. The Morgan fingerprint density at radius 3 is 2.93 bits per heavy atom. The van der Waals surface area contributed by atoms with Gasteiger partial charge >= 0.3 is 0 Å². The summed E-state index contributed by atoms with van der Waals surface area (Å²) in [7, 11) is 0. The third-order valence-corrected chi connectivity index (χ3v) is 3.06. The second-order valence-electron chi connectivity index (χ2n) is 3.13. The molecule has 0 fully saturated rings. The van der Waals surface area contributed by atoms with Crippen LogP contribution in [-0.2, 0) is 0 Å². The summed E-state index contributed by atoms with van der Waals surface area (Å²) < 4.78 is 5.76. The SMILES string of the molecule is C1=CSC2=Cc3ccccc3OC2=C1.O. The van der Waals surface area contributed by atoms with Gasteiger partial charge < -0.3 is 10.2 Å². The molecule has 3 rings (SSSR count). The number of rotatable bonds is 0. The van der Waals surface area contributed by atoms with Gasteiger partial charge in [0, 0.05) is 5.56 Å². The van der Waals surface area contributed by atoms with Crippen LogP contribution in [0.25, 0.3) is 6.08 Å². The summed E-state index contributed by atoms with van der Waals surface area (Å²) in [5.74, 6) is 1.90. The van der Waals surface area contributed by atoms with Gasteiger partial charge in [-0.05, 0) is 23.6 Å². The van der Waals surface area contributed by atoms with Crippen molar-refractivity contribution in [3.8, 4) is 5.75 Å². The third-order valence-electron chi connectivity index (χ3n) is 2.19. The fourth-order valence-electron chi connectivity index (χ4n) is 1.52. The van der Waals surface area contributed by atoms with E-state index in [0.29, 0.717) is 0 Å². The lowest BCUT2D eigenvalue weighted by Crippen LogP contribution is -2.04. The number of fused-ring (bicyclic) bond motifs is 2. The molecule has 0 aliphatic carbocycles. The standard InChI is InChI=1S/C12H8OS.H2O/c1-2-5-10-9(4-1)8-12-11(13-10)6-3-7-14-12;/h1-8H;1H2. The molecule has 15 heavy (non-hydrogen) atoms. The molecule has 2 nitrogen and oxygen atoms in total. The van der Waals surface area contributed by atoms with Crippen LogP contribution in [0.15, 0.2) is 52.5 Å². The van der Waals surface area contributed by atoms with Gasteiger partial charge in [-0.15, -0.1) is 0 Å². The first-order chi connectivity index (χ1) is 6.93. The lowest BCUT2D eigenvalue weighted by molar-refractivity contribution is 0.437. The highest BCUT2D eigenvalue weighted by Crippen LogP contribution is 2.38. The highest BCUT2D eigenvalue weighted by Gasteiger charge is 2.17. The van der Waals surface area contributed by atoms with E-state index in [4.69, 9.17) is 4.74 Å². The smallest absolute Gasteiger partial charge is 0.141 e. The van der Waals surface area contributed by atoms with Gasteiger partial charge in [-0.3, -0.25) is 0 Å². The van der Waals surface area contributed by atoms with Gasteiger partial charge in [-0.2, -0.15) is 0 Å². The van der Waals surface area contributed by atoms with Gasteiger partial charge in [0.15, 0.2) is 0 Å². The van der Waals surface area contributed by atoms with Crippen molar-refractivity contribution in [3.63, 3.8) is 0 Å². The summed E-state index contributed by atoms with van der Waals surface area (Å²) in [6.07, 6.45) is 6.17. The first-order valence-corrected chi connectivity index (χ1v) is 5.34. The Hall–Kier alpha value is -1.45. The van der Waals surface area contributed by atoms with Crippen molar-refractivity contribution in [2.45, 2.75) is 0 Å². The predicted octanol–water partition coefficient (Wildman–Crippen LogP) is 2.74. The molecule has 0 spiro atoms. The van der Waals surface area contributed by atoms with E-state index in [-0.39, 0.29) is 5.48 Å². The quantitative estimate of drug-likeness (QED) is 0.671. The number of para-hydroxylation sites is 1. The van der Waals surface area contributed by atoms with Gasteiger partial charge in [0.05, 0.1) is 4.91 Å². The van der Waals surface area contributed by atoms with Gasteiger partial charge in [0.25, 0.3) is 0 Å². The molecule has 0 bridgehead atoms. The zero-order valence-electron chi connectivity index (χ0n) is 7.94. The fourth-order valence-corrected chi connectivity index (χ4v) is 2.25. The zero-order valence-corrected chi connectivity index (χ0v) is 8.75. The number of thioether (sulfide) groups is 1. The van der Waals surface area contributed by atoms with Crippen molar-refractivity contribution < 1.29 is 10.2 Å². The largest absolute Gasteiger partial charge is 0.456 e. The van der Waals surface area contributed by atoms with Crippen molar-refractivity contribution in [2.24, 2.45) is 0 Å². The highest BCUT2D eigenvalue weighted by molar-refractivity contribution is 8.06. The average molecular weight is 218 g/mol. The monoisotopic (exact) mass is 218 g/mol. The first-order valence-electron chi connectivity index (χ1n) is 4.46. The third kappa shape index (κ3) is 1.71. The maximum absolute atomic E-state index is 5.76. The molecule has 1 aromatic carbocycles. The maximum Gasteiger partial charge on any atom is 0.141 e. The summed E-state index contributed by atoms with van der Waals surface area (Å²) in [6, 6.07) is 8.08. The second-order valence-corrected chi connectivity index (χ2v) is 4.07. The van der Waals surface area contributed by atoms with Gasteiger partial charge in [0.2, 0.25) is 0 Å². The summed E-state index contributed by atoms with van der Waals surface area (Å²) in [5.41, 5.74) is 1.16. The van der Waals surface area contributed by atoms with Gasteiger partial charge in [-0.25, -0.2) is 0 Å². The van der Waals surface area contributed by atoms with Crippen molar-refractivity contribution in [2.75, 3.05) is 0 Å². The van der Waals surface area contributed by atoms with Gasteiger partial charge in [0.1, 0.15) is 11.5 Å². The molecule has 2 N–H and O–H groups in total. The molecule has 3 heteroatoms. The second kappa shape index (κ2) is 3.96. The minimum absolute atomic E-state index is 0. The molecule has 0 radical (unpaired) electrons. The number of allylic oxidation sites excluding steroid dienone is 2. The predicted molar refractivity (Wildman–Crippen MR) is 63.5 cm³/mol. The molecule has 2 aliphatic rings. The lowest BCUT2D eigenvalue weighted by Gasteiger charge is -2.20. The van der Waals surface area contributed by atoms with Crippen molar-refractivity contribution in [1.29, 1.82) is 0 Å². The summed E-state index contributed by atoms with van der Waals surface area (Å²) in [4.78, 5) is 1.19. The molecular formula is C12H10O2S. The van der Waals surface area contributed by atoms with Crippen molar-refractivity contribution in [1.82, 2.24) is 0 Å². The Morgan fingerprint density at radius 2 is 2.00 bits per heavy atom. The molecule has 76 valence electrons. The van der Waals surface area contributed by atoms with Crippen LogP contribution in [0.1, 0.15) is 5.56 Å². The summed E-state index contributed by atoms with van der Waals surface area (Å²) in [5, 5.41) is 2.06. The molecule has 0 unspecified atom stereocenters. The Balaban J connectivity index is 0.000000853. The fraction of sp³-hybridized carbons (Fsp3) is 0. The Morgan fingerprint density at radius 1 is 1.13 bits per heavy atom. The van der Waals surface area contributed by atoms with E-state index in [1.807, 2.05) is 30.4 Å². The van der Waals surface area contributed by atoms with Crippen LogP contribution >= 0.6 is 11.8 Å². The Bertz CT molecular complexity index is 472. The van der Waals surface area contributed by atoms with E-state index in [1.165, 1.54) is 4.91 Å². The number of hydrogen-bond donors (Lipinski definition) is 0.